The van der Waals surface area contributed by atoms with Crippen molar-refractivity contribution in [1.29, 1.82) is 0 Å². The second-order valence-electron chi connectivity index (χ2n) is 5.35. The van der Waals surface area contributed by atoms with Crippen LogP contribution in [0, 0.1) is 12.8 Å². The Labute approximate surface area is 138 Å². The molecule has 1 amide bonds. The number of hydrogen-bond acceptors (Lipinski definition) is 6. The molecular weight excluding hydrogens is 316 g/mol. The number of carbonyl (C=O) groups excluding carboxylic acids is 1. The average Bonchev–Trinajstić information content (AvgIpc) is 2.90. The maximum atomic E-state index is 11.7. The van der Waals surface area contributed by atoms with E-state index in [2.05, 4.69) is 34.7 Å². The minimum atomic E-state index is 0.0297. The van der Waals surface area contributed by atoms with E-state index in [0.29, 0.717) is 18.2 Å². The Morgan fingerprint density at radius 3 is 2.91 bits per heavy atom. The number of aromatic nitrogens is 2. The molecule has 2 aromatic rings. The highest BCUT2D eigenvalue weighted by atomic mass is 32.2. The minimum Gasteiger partial charge on any atom is -0.355 e. The van der Waals surface area contributed by atoms with E-state index in [4.69, 9.17) is 0 Å². The zero-order valence-electron chi connectivity index (χ0n) is 12.9. The fraction of sp³-hybridized carbons (Fsp3) is 0.400. The number of thioether (sulfide) groups is 1. The molecule has 0 fully saturated rings. The molecule has 1 aromatic heterocycles. The van der Waals surface area contributed by atoms with Gasteiger partial charge >= 0.3 is 0 Å². The summed E-state index contributed by atoms with van der Waals surface area (Å²) in [5, 5.41) is 15.0. The van der Waals surface area contributed by atoms with Crippen molar-refractivity contribution in [2.24, 2.45) is 5.92 Å². The van der Waals surface area contributed by atoms with E-state index in [0.717, 1.165) is 15.2 Å². The van der Waals surface area contributed by atoms with Crippen molar-refractivity contribution in [3.63, 3.8) is 0 Å². The molecule has 22 heavy (non-hydrogen) atoms. The predicted molar refractivity (Wildman–Crippen MR) is 92.9 cm³/mol. The average molecular weight is 336 g/mol. The van der Waals surface area contributed by atoms with Crippen LogP contribution in [0.25, 0.3) is 0 Å². The third-order valence-electron chi connectivity index (χ3n) is 2.71. The number of carbonyl (C=O) groups is 1. The van der Waals surface area contributed by atoms with E-state index < -0.39 is 0 Å². The maximum absolute atomic E-state index is 11.7. The third-order valence-corrected chi connectivity index (χ3v) is 4.68. The van der Waals surface area contributed by atoms with Crippen molar-refractivity contribution in [1.82, 2.24) is 15.5 Å². The van der Waals surface area contributed by atoms with Gasteiger partial charge in [-0.15, -0.1) is 10.2 Å². The van der Waals surface area contributed by atoms with Crippen LogP contribution in [-0.2, 0) is 4.79 Å². The number of nitrogens with zero attached hydrogens (tertiary/aromatic N) is 2. The molecule has 0 aliphatic rings. The SMILES string of the molecule is Cc1cccc(Nc2nnc(SCC(=O)NCC(C)C)s2)c1. The van der Waals surface area contributed by atoms with Crippen LogP contribution in [0.1, 0.15) is 19.4 Å². The Kier molecular flexibility index (Phi) is 6.21. The normalized spacial score (nSPS) is 10.7. The van der Waals surface area contributed by atoms with Crippen LogP contribution in [-0.4, -0.2) is 28.4 Å². The first-order chi connectivity index (χ1) is 10.5. The molecular formula is C15H20N4OS2. The first-order valence-corrected chi connectivity index (χ1v) is 8.90. The quantitative estimate of drug-likeness (QED) is 0.758. The van der Waals surface area contributed by atoms with Crippen LogP contribution in [0.4, 0.5) is 10.8 Å². The molecule has 0 unspecified atom stereocenters. The Bertz CT molecular complexity index is 628. The molecule has 0 saturated heterocycles. The summed E-state index contributed by atoms with van der Waals surface area (Å²) in [6, 6.07) is 8.07. The molecule has 0 radical (unpaired) electrons. The van der Waals surface area contributed by atoms with Gasteiger partial charge in [0.15, 0.2) is 4.34 Å². The summed E-state index contributed by atoms with van der Waals surface area (Å²) in [6.45, 7) is 6.89. The van der Waals surface area contributed by atoms with Gasteiger partial charge in [-0.3, -0.25) is 4.79 Å². The molecule has 5 nitrogen and oxygen atoms in total. The summed E-state index contributed by atoms with van der Waals surface area (Å²) >= 11 is 2.86. The molecule has 7 heteroatoms. The van der Waals surface area contributed by atoms with Crippen LogP contribution < -0.4 is 10.6 Å². The fourth-order valence-corrected chi connectivity index (χ4v) is 3.26. The van der Waals surface area contributed by atoms with Crippen LogP contribution in [0.15, 0.2) is 28.6 Å². The monoisotopic (exact) mass is 336 g/mol. The summed E-state index contributed by atoms with van der Waals surface area (Å²) in [5.41, 5.74) is 2.17. The lowest BCUT2D eigenvalue weighted by Crippen LogP contribution is -2.28. The Hall–Kier alpha value is -1.60. The van der Waals surface area contributed by atoms with Crippen molar-refractivity contribution >= 4 is 39.8 Å². The molecule has 118 valence electrons. The van der Waals surface area contributed by atoms with Gasteiger partial charge in [0.05, 0.1) is 5.75 Å². The van der Waals surface area contributed by atoms with Crippen molar-refractivity contribution in [2.75, 3.05) is 17.6 Å². The van der Waals surface area contributed by atoms with E-state index in [1.165, 1.54) is 28.7 Å². The lowest BCUT2D eigenvalue weighted by atomic mass is 10.2. The summed E-state index contributed by atoms with van der Waals surface area (Å²) in [4.78, 5) is 11.7. The smallest absolute Gasteiger partial charge is 0.230 e. The summed E-state index contributed by atoms with van der Waals surface area (Å²) in [6.07, 6.45) is 0. The summed E-state index contributed by atoms with van der Waals surface area (Å²) < 4.78 is 0.787. The van der Waals surface area contributed by atoms with Crippen LogP contribution >= 0.6 is 23.1 Å². The van der Waals surface area contributed by atoms with E-state index in [-0.39, 0.29) is 5.91 Å². The molecule has 1 heterocycles. The van der Waals surface area contributed by atoms with Crippen molar-refractivity contribution in [2.45, 2.75) is 25.1 Å². The van der Waals surface area contributed by atoms with Crippen molar-refractivity contribution in [3.8, 4) is 0 Å². The number of benzene rings is 1. The highest BCUT2D eigenvalue weighted by Crippen LogP contribution is 2.27. The number of hydrogen-bond donors (Lipinski definition) is 2. The topological polar surface area (TPSA) is 66.9 Å². The second-order valence-corrected chi connectivity index (χ2v) is 7.55. The Morgan fingerprint density at radius 2 is 2.18 bits per heavy atom. The van der Waals surface area contributed by atoms with Gasteiger partial charge in [0.2, 0.25) is 11.0 Å². The number of amides is 1. The molecule has 2 rings (SSSR count). The molecule has 0 aliphatic carbocycles. The molecule has 0 bridgehead atoms. The van der Waals surface area contributed by atoms with Gasteiger partial charge in [0.1, 0.15) is 0 Å². The highest BCUT2D eigenvalue weighted by molar-refractivity contribution is 8.01. The van der Waals surface area contributed by atoms with Crippen molar-refractivity contribution in [3.05, 3.63) is 29.8 Å². The van der Waals surface area contributed by atoms with E-state index in [9.17, 15) is 4.79 Å². The number of rotatable bonds is 7. The fourth-order valence-electron chi connectivity index (χ4n) is 1.66. The van der Waals surface area contributed by atoms with Gasteiger partial charge in [-0.2, -0.15) is 0 Å². The zero-order chi connectivity index (χ0) is 15.9. The zero-order valence-corrected chi connectivity index (χ0v) is 14.6. The maximum Gasteiger partial charge on any atom is 0.230 e. The molecule has 0 atom stereocenters. The highest BCUT2D eigenvalue weighted by Gasteiger charge is 2.08. The van der Waals surface area contributed by atoms with Crippen molar-refractivity contribution < 1.29 is 4.79 Å². The lowest BCUT2D eigenvalue weighted by molar-refractivity contribution is -0.118. The largest absolute Gasteiger partial charge is 0.355 e. The third kappa shape index (κ3) is 5.65. The van der Waals surface area contributed by atoms with Gasteiger partial charge in [0.25, 0.3) is 0 Å². The lowest BCUT2D eigenvalue weighted by Gasteiger charge is -2.06. The van der Waals surface area contributed by atoms with Gasteiger partial charge in [0, 0.05) is 12.2 Å². The second kappa shape index (κ2) is 8.14. The standard InChI is InChI=1S/C15H20N4OS2/c1-10(2)8-16-13(20)9-21-15-19-18-14(22-15)17-12-6-4-5-11(3)7-12/h4-7,10H,8-9H2,1-3H3,(H,16,20)(H,17,18). The van der Waals surface area contributed by atoms with Gasteiger partial charge in [-0.05, 0) is 30.5 Å². The van der Waals surface area contributed by atoms with Crippen LogP contribution in [0.3, 0.4) is 0 Å². The Balaban J connectivity index is 1.82. The van der Waals surface area contributed by atoms with E-state index in [1.54, 1.807) is 0 Å². The first kappa shape index (κ1) is 16.8. The van der Waals surface area contributed by atoms with E-state index in [1.807, 2.05) is 31.2 Å². The predicted octanol–water partition coefficient (Wildman–Crippen LogP) is 3.45. The minimum absolute atomic E-state index is 0.0297. The van der Waals surface area contributed by atoms with Gasteiger partial charge in [-0.25, -0.2) is 0 Å². The number of aryl methyl sites for hydroxylation is 1. The molecule has 0 aliphatic heterocycles. The number of anilines is 2. The molecule has 0 saturated carbocycles. The van der Waals surface area contributed by atoms with Gasteiger partial charge < -0.3 is 10.6 Å². The summed E-state index contributed by atoms with van der Waals surface area (Å²) in [7, 11) is 0. The molecule has 0 spiro atoms. The van der Waals surface area contributed by atoms with Crippen LogP contribution in [0.5, 0.6) is 0 Å². The molecule has 1 aromatic carbocycles. The Morgan fingerprint density at radius 1 is 1.36 bits per heavy atom. The van der Waals surface area contributed by atoms with Gasteiger partial charge in [-0.1, -0.05) is 49.1 Å². The summed E-state index contributed by atoms with van der Waals surface area (Å²) in [5.74, 6) is 0.855. The van der Waals surface area contributed by atoms with E-state index >= 15 is 0 Å². The first-order valence-electron chi connectivity index (χ1n) is 7.09. The van der Waals surface area contributed by atoms with Crippen LogP contribution in [0.2, 0.25) is 0 Å². The number of nitrogens with one attached hydrogen (secondary N) is 2. The molecule has 2 N–H and O–H groups in total.